The van der Waals surface area contributed by atoms with E-state index < -0.39 is 17.6 Å². The molecular weight excluding hydrogens is 480 g/mol. The number of methoxy groups -OCH3 is 1. The minimum atomic E-state index is -0.663. The number of carbonyl (C=O) groups excluding carboxylic acids is 3. The number of hydrogen-bond donors (Lipinski definition) is 1. The van der Waals surface area contributed by atoms with Crippen LogP contribution < -0.4 is 5.32 Å². The van der Waals surface area contributed by atoms with Crippen LogP contribution in [-0.2, 0) is 19.1 Å². The summed E-state index contributed by atoms with van der Waals surface area (Å²) in [7, 11) is 1.78. The molecule has 5 rings (SSSR count). The number of ketones is 1. The Balaban J connectivity index is 1.49. The molecule has 7 heteroatoms. The van der Waals surface area contributed by atoms with Gasteiger partial charge in [-0.2, -0.15) is 0 Å². The number of hydrogen-bond acceptors (Lipinski definition) is 6. The molecule has 4 bridgehead atoms. The Labute approximate surface area is 228 Å². The van der Waals surface area contributed by atoms with Gasteiger partial charge in [-0.1, -0.05) is 39.8 Å². The fraction of sp³-hybridized carbons (Fsp3) is 0.839. The number of carbonyl (C=O) groups is 3. The second kappa shape index (κ2) is 10.0. The Bertz CT molecular complexity index is 997. The molecule has 3 unspecified atom stereocenters. The van der Waals surface area contributed by atoms with E-state index in [1.54, 1.807) is 7.11 Å². The number of nitrogens with one attached hydrogen (secondary N) is 1. The average Bonchev–Trinajstić information content (AvgIpc) is 3.63. The third-order valence-electron chi connectivity index (χ3n) is 12.1. The first kappa shape index (κ1) is 27.8. The zero-order valence-corrected chi connectivity index (χ0v) is 24.3. The summed E-state index contributed by atoms with van der Waals surface area (Å²) >= 11 is 0. The largest absolute Gasteiger partial charge is 0.445 e. The van der Waals surface area contributed by atoms with Gasteiger partial charge in [0.2, 0.25) is 5.91 Å². The fourth-order valence-corrected chi connectivity index (χ4v) is 9.66. The van der Waals surface area contributed by atoms with Crippen molar-refractivity contribution in [2.75, 3.05) is 26.7 Å². The molecule has 3 saturated carbocycles. The first-order chi connectivity index (χ1) is 18.0. The number of piperidine rings is 1. The summed E-state index contributed by atoms with van der Waals surface area (Å²) in [6.07, 6.45) is 8.88. The number of ether oxygens (including phenoxy) is 2. The lowest BCUT2D eigenvalue weighted by Crippen LogP contribution is -2.63. The highest BCUT2D eigenvalue weighted by atomic mass is 16.6. The molecule has 7 nitrogen and oxygen atoms in total. The van der Waals surface area contributed by atoms with E-state index in [1.807, 2.05) is 13.0 Å². The molecular formula is C31H48N2O5. The molecule has 2 aliphatic heterocycles. The number of nitrogens with zero attached hydrogens (tertiary/aromatic N) is 1. The summed E-state index contributed by atoms with van der Waals surface area (Å²) < 4.78 is 12.4. The van der Waals surface area contributed by atoms with Crippen LogP contribution in [0.1, 0.15) is 79.6 Å². The van der Waals surface area contributed by atoms with Gasteiger partial charge >= 0.3 is 6.09 Å². The molecule has 38 heavy (non-hydrogen) atoms. The minimum absolute atomic E-state index is 0.0248. The van der Waals surface area contributed by atoms with Crippen LogP contribution >= 0.6 is 0 Å². The van der Waals surface area contributed by atoms with Crippen molar-refractivity contribution in [3.05, 3.63) is 12.2 Å². The molecule has 0 aromatic carbocycles. The zero-order valence-electron chi connectivity index (χ0n) is 24.3. The van der Waals surface area contributed by atoms with Crippen molar-refractivity contribution in [3.8, 4) is 0 Å². The molecule has 2 heterocycles. The smallest absolute Gasteiger partial charge is 0.414 e. The Morgan fingerprint density at radius 1 is 1.13 bits per heavy atom. The van der Waals surface area contributed by atoms with Gasteiger partial charge in [-0.15, -0.1) is 0 Å². The molecule has 212 valence electrons. The van der Waals surface area contributed by atoms with Crippen molar-refractivity contribution in [1.82, 2.24) is 10.2 Å². The third-order valence-corrected chi connectivity index (χ3v) is 12.1. The SMILES string of the molecule is CC=CC[C@]1(C)C[C@@H](OC(=O)NC(=O)[C@H]2CN3CC[C@@H]2C3)[C@@]2(C)C3[C@H](OC)CCC3(CC[C@H]2C)[C@@H](C)C1=O. The van der Waals surface area contributed by atoms with Gasteiger partial charge < -0.3 is 14.4 Å². The van der Waals surface area contributed by atoms with Crippen LogP contribution in [0.25, 0.3) is 0 Å². The summed E-state index contributed by atoms with van der Waals surface area (Å²) in [6, 6.07) is 0. The van der Waals surface area contributed by atoms with Gasteiger partial charge in [-0.3, -0.25) is 14.9 Å². The van der Waals surface area contributed by atoms with Gasteiger partial charge in [-0.25, -0.2) is 4.79 Å². The number of fused-ring (bicyclic) bond motifs is 2. The molecule has 3 aliphatic carbocycles. The van der Waals surface area contributed by atoms with Crippen LogP contribution in [-0.4, -0.2) is 61.6 Å². The summed E-state index contributed by atoms with van der Waals surface area (Å²) in [4.78, 5) is 43.1. The number of alkyl carbamates (subject to hydrolysis) is 1. The Hall–Kier alpha value is -1.73. The number of amides is 2. The maximum Gasteiger partial charge on any atom is 0.414 e. The van der Waals surface area contributed by atoms with E-state index in [4.69, 9.17) is 9.47 Å². The standard InChI is InChI=1S/C31H48N2O5/c1-7-8-12-29(4)16-24(38-28(36)32-27(35)22-18-33-15-11-21(22)17-33)30(5)19(2)9-13-31(20(3)26(29)34)14-10-23(37-6)25(30)31/h7-8,19-25H,9-18H2,1-6H3,(H,32,35,36)/t19-,20+,21-,22+,23-,24-,25?,29-,30+,31?/m1/s1. The molecule has 0 spiro atoms. The van der Waals surface area contributed by atoms with Gasteiger partial charge in [-0.05, 0) is 75.7 Å². The van der Waals surface area contributed by atoms with Crippen LogP contribution in [0.15, 0.2) is 12.2 Å². The van der Waals surface area contributed by atoms with Crippen molar-refractivity contribution >= 4 is 17.8 Å². The van der Waals surface area contributed by atoms with E-state index >= 15 is 0 Å². The van der Waals surface area contributed by atoms with E-state index in [0.29, 0.717) is 18.8 Å². The van der Waals surface area contributed by atoms with Crippen molar-refractivity contribution in [3.63, 3.8) is 0 Å². The van der Waals surface area contributed by atoms with E-state index in [-0.39, 0.29) is 52.3 Å². The van der Waals surface area contributed by atoms with Crippen LogP contribution in [0.2, 0.25) is 0 Å². The van der Waals surface area contributed by atoms with Gasteiger partial charge in [0.05, 0.1) is 12.0 Å². The predicted octanol–water partition coefficient (Wildman–Crippen LogP) is 4.99. The third kappa shape index (κ3) is 4.18. The first-order valence-electron chi connectivity index (χ1n) is 14.9. The van der Waals surface area contributed by atoms with E-state index in [1.165, 1.54) is 0 Å². The number of rotatable bonds is 5. The van der Waals surface area contributed by atoms with Gasteiger partial charge in [0.1, 0.15) is 11.9 Å². The Morgan fingerprint density at radius 3 is 2.50 bits per heavy atom. The molecule has 11 atom stereocenters. The summed E-state index contributed by atoms with van der Waals surface area (Å²) in [5.74, 6) is 0.538. The van der Waals surface area contributed by atoms with Gasteiger partial charge in [0.15, 0.2) is 0 Å². The maximum atomic E-state index is 14.3. The Morgan fingerprint density at radius 2 is 1.87 bits per heavy atom. The van der Waals surface area contributed by atoms with Crippen LogP contribution in [0.5, 0.6) is 0 Å². The molecule has 5 aliphatic rings. The number of imide groups is 1. The average molecular weight is 529 g/mol. The van der Waals surface area contributed by atoms with Crippen molar-refractivity contribution < 1.29 is 23.9 Å². The highest BCUT2D eigenvalue weighted by Gasteiger charge is 2.68. The van der Waals surface area contributed by atoms with E-state index in [0.717, 1.165) is 51.7 Å². The number of Topliss-reactive ketones (excluding diaryl/α,β-unsaturated/α-hetero) is 1. The molecule has 2 saturated heterocycles. The lowest BCUT2D eigenvalue weighted by molar-refractivity contribution is -0.191. The molecule has 5 fully saturated rings. The van der Waals surface area contributed by atoms with Crippen molar-refractivity contribution in [2.24, 2.45) is 45.8 Å². The number of allylic oxidation sites excluding steroid dienone is 2. The highest BCUT2D eigenvalue weighted by molar-refractivity contribution is 5.93. The second-order valence-corrected chi connectivity index (χ2v) is 13.8. The lowest BCUT2D eigenvalue weighted by Gasteiger charge is -2.61. The molecule has 2 amide bonds. The van der Waals surface area contributed by atoms with Crippen LogP contribution in [0.4, 0.5) is 4.79 Å². The zero-order chi connectivity index (χ0) is 27.5. The quantitative estimate of drug-likeness (QED) is 0.506. The summed E-state index contributed by atoms with van der Waals surface area (Å²) in [5, 5.41) is 2.61. The van der Waals surface area contributed by atoms with Crippen molar-refractivity contribution in [1.29, 1.82) is 0 Å². The van der Waals surface area contributed by atoms with Crippen LogP contribution in [0.3, 0.4) is 0 Å². The molecule has 1 N–H and O–H groups in total. The van der Waals surface area contributed by atoms with E-state index in [9.17, 15) is 14.4 Å². The van der Waals surface area contributed by atoms with Crippen LogP contribution in [0, 0.1) is 45.8 Å². The van der Waals surface area contributed by atoms with E-state index in [2.05, 4.69) is 44.0 Å². The lowest BCUT2D eigenvalue weighted by atomic mass is 9.43. The molecule has 0 aromatic rings. The highest BCUT2D eigenvalue weighted by Crippen LogP contribution is 2.68. The maximum absolute atomic E-state index is 14.3. The topological polar surface area (TPSA) is 84.9 Å². The fourth-order valence-electron chi connectivity index (χ4n) is 9.66. The predicted molar refractivity (Wildman–Crippen MR) is 145 cm³/mol. The van der Waals surface area contributed by atoms with Gasteiger partial charge in [0.25, 0.3) is 0 Å². The monoisotopic (exact) mass is 528 g/mol. The summed E-state index contributed by atoms with van der Waals surface area (Å²) in [6.45, 7) is 13.4. The van der Waals surface area contributed by atoms with Crippen molar-refractivity contribution in [2.45, 2.75) is 91.8 Å². The molecule has 0 aromatic heterocycles. The normalized spacial score (nSPS) is 48.0. The molecule has 0 radical (unpaired) electrons. The second-order valence-electron chi connectivity index (χ2n) is 13.8. The first-order valence-corrected chi connectivity index (χ1v) is 14.9. The van der Waals surface area contributed by atoms with Gasteiger partial charge in [0, 0.05) is 42.9 Å². The summed E-state index contributed by atoms with van der Waals surface area (Å²) in [5.41, 5.74) is -1.19. The minimum Gasteiger partial charge on any atom is -0.445 e. The Kier molecular flexibility index (Phi) is 7.34.